The number of thiazole rings is 1. The summed E-state index contributed by atoms with van der Waals surface area (Å²) in [6.45, 7) is 0. The third-order valence-electron chi connectivity index (χ3n) is 3.02. The molecule has 0 saturated carbocycles. The molecule has 0 saturated heterocycles. The first-order valence-electron chi connectivity index (χ1n) is 6.18. The zero-order valence-corrected chi connectivity index (χ0v) is 11.6. The Hall–Kier alpha value is -2.73. The average molecular weight is 298 g/mol. The topological polar surface area (TPSA) is 65.1 Å². The first kappa shape index (κ1) is 13.3. The van der Waals surface area contributed by atoms with Crippen molar-refractivity contribution in [3.05, 3.63) is 73.9 Å². The maximum Gasteiger partial charge on any atom is 0.312 e. The molecule has 0 aliphatic heterocycles. The summed E-state index contributed by atoms with van der Waals surface area (Å²) in [4.78, 5) is 22.1. The maximum atomic E-state index is 12.0. The highest BCUT2D eigenvalue weighted by Gasteiger charge is 2.11. The van der Waals surface area contributed by atoms with Crippen molar-refractivity contribution in [1.82, 2.24) is 4.57 Å². The van der Waals surface area contributed by atoms with Crippen LogP contribution >= 0.6 is 11.3 Å². The standard InChI is InChI=1S/C15H10N2O3S/c18-15-16(9-8-11-4-2-1-3-5-11)13-7-6-12(17(19)20)10-14(13)21-15/h1-10H. The highest BCUT2D eigenvalue weighted by atomic mass is 32.1. The van der Waals surface area contributed by atoms with Gasteiger partial charge in [0.05, 0.1) is 15.1 Å². The number of hydrogen-bond donors (Lipinski definition) is 0. The highest BCUT2D eigenvalue weighted by molar-refractivity contribution is 7.16. The molecule has 3 aromatic rings. The molecule has 2 aromatic carbocycles. The minimum Gasteiger partial charge on any atom is -0.274 e. The second kappa shape index (κ2) is 5.34. The van der Waals surface area contributed by atoms with Crippen molar-refractivity contribution in [2.45, 2.75) is 0 Å². The predicted molar refractivity (Wildman–Crippen MR) is 84.4 cm³/mol. The van der Waals surface area contributed by atoms with Gasteiger partial charge in [-0.2, -0.15) is 0 Å². The van der Waals surface area contributed by atoms with Crippen molar-refractivity contribution in [3.8, 4) is 0 Å². The van der Waals surface area contributed by atoms with Crippen LogP contribution in [-0.4, -0.2) is 9.49 Å². The molecular formula is C15H10N2O3S. The van der Waals surface area contributed by atoms with E-state index in [0.29, 0.717) is 10.2 Å². The highest BCUT2D eigenvalue weighted by Crippen LogP contribution is 2.23. The summed E-state index contributed by atoms with van der Waals surface area (Å²) in [5, 5.41) is 10.8. The molecule has 0 N–H and O–H groups in total. The lowest BCUT2D eigenvalue weighted by Gasteiger charge is -1.97. The van der Waals surface area contributed by atoms with E-state index in [4.69, 9.17) is 0 Å². The van der Waals surface area contributed by atoms with E-state index in [1.165, 1.54) is 16.7 Å². The van der Waals surface area contributed by atoms with Crippen LogP contribution in [0.15, 0.2) is 53.3 Å². The van der Waals surface area contributed by atoms with E-state index in [0.717, 1.165) is 16.9 Å². The molecule has 1 heterocycles. The second-order valence-electron chi connectivity index (χ2n) is 4.37. The molecular weight excluding hydrogens is 288 g/mol. The van der Waals surface area contributed by atoms with E-state index >= 15 is 0 Å². The molecule has 21 heavy (non-hydrogen) atoms. The quantitative estimate of drug-likeness (QED) is 0.548. The van der Waals surface area contributed by atoms with E-state index in [1.807, 2.05) is 36.4 Å². The Bertz CT molecular complexity index is 894. The van der Waals surface area contributed by atoms with Crippen LogP contribution in [0.1, 0.15) is 5.56 Å². The second-order valence-corrected chi connectivity index (χ2v) is 5.37. The SMILES string of the molecule is O=c1sc2cc([N+](=O)[O-])ccc2n1C=Cc1ccccc1. The van der Waals surface area contributed by atoms with Gasteiger partial charge >= 0.3 is 4.87 Å². The van der Waals surface area contributed by atoms with Gasteiger partial charge in [0, 0.05) is 18.3 Å². The average Bonchev–Trinajstić information content (AvgIpc) is 2.80. The molecule has 5 nitrogen and oxygen atoms in total. The normalized spacial score (nSPS) is 11.2. The predicted octanol–water partition coefficient (Wildman–Crippen LogP) is 3.60. The Morgan fingerprint density at radius 1 is 1.14 bits per heavy atom. The largest absolute Gasteiger partial charge is 0.312 e. The number of rotatable bonds is 3. The number of non-ortho nitro benzene ring substituents is 1. The first-order chi connectivity index (χ1) is 10.1. The molecule has 0 spiro atoms. The number of benzene rings is 2. The number of fused-ring (bicyclic) bond motifs is 1. The van der Waals surface area contributed by atoms with Crippen molar-refractivity contribution in [1.29, 1.82) is 0 Å². The van der Waals surface area contributed by atoms with Crippen LogP contribution in [0.2, 0.25) is 0 Å². The molecule has 0 bridgehead atoms. The summed E-state index contributed by atoms with van der Waals surface area (Å²) in [5.74, 6) is 0. The molecule has 0 radical (unpaired) electrons. The van der Waals surface area contributed by atoms with Gasteiger partial charge in [-0.15, -0.1) is 0 Å². The van der Waals surface area contributed by atoms with Crippen LogP contribution in [0.4, 0.5) is 5.69 Å². The summed E-state index contributed by atoms with van der Waals surface area (Å²) in [6.07, 6.45) is 3.51. The Morgan fingerprint density at radius 3 is 2.62 bits per heavy atom. The lowest BCUT2D eigenvalue weighted by Crippen LogP contribution is -2.05. The smallest absolute Gasteiger partial charge is 0.274 e. The molecule has 6 heteroatoms. The van der Waals surface area contributed by atoms with Crippen LogP contribution in [0.5, 0.6) is 0 Å². The number of nitro groups is 1. The van der Waals surface area contributed by atoms with Gasteiger partial charge in [0.2, 0.25) is 0 Å². The molecule has 0 amide bonds. The zero-order chi connectivity index (χ0) is 14.8. The van der Waals surface area contributed by atoms with Gasteiger partial charge in [-0.25, -0.2) is 0 Å². The fourth-order valence-electron chi connectivity index (χ4n) is 2.00. The van der Waals surface area contributed by atoms with Crippen LogP contribution < -0.4 is 4.87 Å². The molecule has 0 fully saturated rings. The summed E-state index contributed by atoms with van der Waals surface area (Å²) >= 11 is 0.997. The maximum absolute atomic E-state index is 12.0. The first-order valence-corrected chi connectivity index (χ1v) is 6.99. The third kappa shape index (κ3) is 2.61. The summed E-state index contributed by atoms with van der Waals surface area (Å²) in [6, 6.07) is 14.0. The van der Waals surface area contributed by atoms with Gasteiger partial charge < -0.3 is 0 Å². The van der Waals surface area contributed by atoms with Crippen LogP contribution in [0.3, 0.4) is 0 Å². The summed E-state index contributed by atoms with van der Waals surface area (Å²) < 4.78 is 2.10. The molecule has 0 atom stereocenters. The Kier molecular flexibility index (Phi) is 3.37. The minimum absolute atomic E-state index is 0.0112. The van der Waals surface area contributed by atoms with Gasteiger partial charge in [0.15, 0.2) is 0 Å². The lowest BCUT2D eigenvalue weighted by atomic mass is 10.2. The van der Waals surface area contributed by atoms with Gasteiger partial charge in [-0.05, 0) is 17.7 Å². The zero-order valence-electron chi connectivity index (χ0n) is 10.8. The molecule has 1 aromatic heterocycles. The summed E-state index contributed by atoms with van der Waals surface area (Å²) in [7, 11) is 0. The minimum atomic E-state index is -0.464. The molecule has 0 aliphatic carbocycles. The summed E-state index contributed by atoms with van der Waals surface area (Å²) in [5.41, 5.74) is 1.64. The molecule has 0 aliphatic rings. The van der Waals surface area contributed by atoms with Crippen LogP contribution in [0, 0.1) is 10.1 Å². The van der Waals surface area contributed by atoms with E-state index in [1.54, 1.807) is 12.3 Å². The molecule has 0 unspecified atom stereocenters. The Morgan fingerprint density at radius 2 is 1.90 bits per heavy atom. The van der Waals surface area contributed by atoms with E-state index < -0.39 is 4.92 Å². The van der Waals surface area contributed by atoms with Crippen molar-refractivity contribution in [2.75, 3.05) is 0 Å². The Labute approximate surface area is 123 Å². The van der Waals surface area contributed by atoms with Gasteiger partial charge in [-0.3, -0.25) is 19.5 Å². The fraction of sp³-hybridized carbons (Fsp3) is 0. The monoisotopic (exact) mass is 298 g/mol. The van der Waals surface area contributed by atoms with E-state index in [2.05, 4.69) is 0 Å². The lowest BCUT2D eigenvalue weighted by molar-refractivity contribution is -0.384. The van der Waals surface area contributed by atoms with Crippen molar-refractivity contribution >= 4 is 39.5 Å². The number of hydrogen-bond acceptors (Lipinski definition) is 4. The molecule has 3 rings (SSSR count). The van der Waals surface area contributed by atoms with Crippen molar-refractivity contribution in [2.24, 2.45) is 0 Å². The number of nitrogens with zero attached hydrogens (tertiary/aromatic N) is 2. The van der Waals surface area contributed by atoms with Crippen LogP contribution in [0.25, 0.3) is 22.5 Å². The number of nitro benzene ring substituents is 1. The third-order valence-corrected chi connectivity index (χ3v) is 3.94. The van der Waals surface area contributed by atoms with Crippen molar-refractivity contribution in [3.63, 3.8) is 0 Å². The van der Waals surface area contributed by atoms with Gasteiger partial charge in [0.25, 0.3) is 5.69 Å². The van der Waals surface area contributed by atoms with Crippen molar-refractivity contribution < 1.29 is 4.92 Å². The fourth-order valence-corrected chi connectivity index (χ4v) is 2.90. The van der Waals surface area contributed by atoms with Gasteiger partial charge in [-0.1, -0.05) is 41.7 Å². The van der Waals surface area contributed by atoms with Crippen LogP contribution in [-0.2, 0) is 0 Å². The van der Waals surface area contributed by atoms with E-state index in [-0.39, 0.29) is 10.6 Å². The van der Waals surface area contributed by atoms with Gasteiger partial charge in [0.1, 0.15) is 0 Å². The van der Waals surface area contributed by atoms with E-state index in [9.17, 15) is 14.9 Å². The Balaban J connectivity index is 2.07. The number of aromatic nitrogens is 1. The molecule has 104 valence electrons.